The fourth-order valence-corrected chi connectivity index (χ4v) is 3.23. The fourth-order valence-electron chi connectivity index (χ4n) is 3.23. The Morgan fingerprint density at radius 3 is 2.25 bits per heavy atom. The van der Waals surface area contributed by atoms with Gasteiger partial charge in [0.05, 0.1) is 12.8 Å². The highest BCUT2D eigenvalue weighted by Gasteiger charge is 2.21. The summed E-state index contributed by atoms with van der Waals surface area (Å²) < 4.78 is 12.2. The lowest BCUT2D eigenvalue weighted by Gasteiger charge is -2.06. The number of hydrogen-bond donors (Lipinski definition) is 0. The Hall–Kier alpha value is -4.19. The van der Waals surface area contributed by atoms with Crippen molar-refractivity contribution in [2.75, 3.05) is 13.7 Å². The van der Waals surface area contributed by atoms with Crippen LogP contribution in [0.5, 0.6) is 5.75 Å². The minimum atomic E-state index is -0.613. The van der Waals surface area contributed by atoms with Gasteiger partial charge in [0.1, 0.15) is 17.0 Å². The number of Topliss-reactive ketones (excluding diaryl/α,β-unsaturated/α-hetero) is 1. The van der Waals surface area contributed by atoms with Crippen LogP contribution in [0.15, 0.2) is 85.1 Å². The summed E-state index contributed by atoms with van der Waals surface area (Å²) in [6.07, 6.45) is 1.62. The number of benzene rings is 3. The zero-order valence-electron chi connectivity index (χ0n) is 17.8. The first-order chi connectivity index (χ1) is 15.5. The number of carbonyl (C=O) groups excluding carboxylic acids is 2. The molecule has 0 radical (unpaired) electrons. The third-order valence-electron chi connectivity index (χ3n) is 5.03. The van der Waals surface area contributed by atoms with Gasteiger partial charge in [-0.25, -0.2) is 9.48 Å². The maximum atomic E-state index is 12.9. The molecule has 1 heterocycles. The van der Waals surface area contributed by atoms with Gasteiger partial charge in [-0.05, 0) is 43.3 Å². The smallest absolute Gasteiger partial charge is 0.342 e. The van der Waals surface area contributed by atoms with Crippen LogP contribution in [-0.2, 0) is 4.74 Å². The number of carbonyl (C=O) groups is 2. The van der Waals surface area contributed by atoms with Gasteiger partial charge in [-0.2, -0.15) is 5.10 Å². The van der Waals surface area contributed by atoms with Crippen LogP contribution in [0.1, 0.15) is 26.3 Å². The van der Waals surface area contributed by atoms with Crippen molar-refractivity contribution in [1.82, 2.24) is 9.78 Å². The Morgan fingerprint density at radius 1 is 0.906 bits per heavy atom. The summed E-state index contributed by atoms with van der Waals surface area (Å²) in [6, 6.07) is 23.9. The van der Waals surface area contributed by atoms with Crippen molar-refractivity contribution in [3.8, 4) is 22.7 Å². The van der Waals surface area contributed by atoms with E-state index in [-0.39, 0.29) is 18.0 Å². The van der Waals surface area contributed by atoms with Gasteiger partial charge in [-0.1, -0.05) is 48.0 Å². The minimum Gasteiger partial charge on any atom is -0.497 e. The molecule has 1 aromatic heterocycles. The molecule has 3 aromatic carbocycles. The maximum Gasteiger partial charge on any atom is 0.342 e. The van der Waals surface area contributed by atoms with E-state index in [4.69, 9.17) is 9.47 Å². The number of aryl methyl sites for hydroxylation is 1. The number of para-hydroxylation sites is 1. The van der Waals surface area contributed by atoms with E-state index in [1.807, 2.05) is 61.5 Å². The van der Waals surface area contributed by atoms with Crippen LogP contribution in [0.3, 0.4) is 0 Å². The van der Waals surface area contributed by atoms with Crippen molar-refractivity contribution in [2.45, 2.75) is 6.92 Å². The van der Waals surface area contributed by atoms with Crippen molar-refractivity contribution in [2.24, 2.45) is 0 Å². The van der Waals surface area contributed by atoms with Crippen LogP contribution in [0.2, 0.25) is 0 Å². The van der Waals surface area contributed by atoms with Gasteiger partial charge in [-0.3, -0.25) is 4.79 Å². The molecule has 0 saturated heterocycles. The number of nitrogens with zero attached hydrogens (tertiary/aromatic N) is 2. The summed E-state index contributed by atoms with van der Waals surface area (Å²) in [6.45, 7) is 1.60. The number of methoxy groups -OCH3 is 1. The lowest BCUT2D eigenvalue weighted by atomic mass is 10.1. The third-order valence-corrected chi connectivity index (χ3v) is 5.03. The van der Waals surface area contributed by atoms with Crippen molar-refractivity contribution >= 4 is 11.8 Å². The first kappa shape index (κ1) is 21.1. The average molecular weight is 426 g/mol. The molecule has 6 nitrogen and oxygen atoms in total. The molecule has 0 spiro atoms. The Kier molecular flexibility index (Phi) is 6.12. The number of esters is 1. The van der Waals surface area contributed by atoms with Crippen LogP contribution in [0.25, 0.3) is 16.9 Å². The van der Waals surface area contributed by atoms with E-state index in [2.05, 4.69) is 5.10 Å². The molecule has 6 heteroatoms. The second-order valence-corrected chi connectivity index (χ2v) is 7.27. The number of hydrogen-bond acceptors (Lipinski definition) is 5. The van der Waals surface area contributed by atoms with Gasteiger partial charge in [0, 0.05) is 17.3 Å². The van der Waals surface area contributed by atoms with E-state index in [1.54, 1.807) is 42.3 Å². The zero-order chi connectivity index (χ0) is 22.5. The molecule has 0 unspecified atom stereocenters. The van der Waals surface area contributed by atoms with Crippen molar-refractivity contribution in [1.29, 1.82) is 0 Å². The maximum absolute atomic E-state index is 12.9. The highest BCUT2D eigenvalue weighted by Crippen LogP contribution is 2.26. The summed E-state index contributed by atoms with van der Waals surface area (Å²) in [7, 11) is 1.59. The lowest BCUT2D eigenvalue weighted by molar-refractivity contribution is 0.0475. The standard InChI is InChI=1S/C26H22N2O4/c1-18-8-10-19(11-9-18)24(29)17-32-26(30)23-16-28(21-6-4-3-5-7-21)27-25(23)20-12-14-22(31-2)15-13-20/h3-16H,17H2,1-2H3. The Balaban J connectivity index is 1.61. The normalized spacial score (nSPS) is 10.6. The van der Waals surface area contributed by atoms with E-state index in [0.29, 0.717) is 17.0 Å². The first-order valence-electron chi connectivity index (χ1n) is 10.1. The van der Waals surface area contributed by atoms with Crippen LogP contribution in [0, 0.1) is 6.92 Å². The Labute approximate surface area is 186 Å². The molecule has 4 aromatic rings. The summed E-state index contributed by atoms with van der Waals surface area (Å²) in [5.74, 6) is -0.178. The monoisotopic (exact) mass is 426 g/mol. The average Bonchev–Trinajstić information content (AvgIpc) is 3.29. The van der Waals surface area contributed by atoms with Crippen molar-refractivity contribution in [3.63, 3.8) is 0 Å². The molecule has 0 amide bonds. The molecule has 4 rings (SSSR count). The van der Waals surface area contributed by atoms with Crippen LogP contribution >= 0.6 is 0 Å². The fraction of sp³-hybridized carbons (Fsp3) is 0.115. The highest BCUT2D eigenvalue weighted by molar-refractivity contribution is 6.01. The van der Waals surface area contributed by atoms with Crippen LogP contribution < -0.4 is 4.74 Å². The molecule has 0 bridgehead atoms. The van der Waals surface area contributed by atoms with Gasteiger partial charge in [-0.15, -0.1) is 0 Å². The topological polar surface area (TPSA) is 70.4 Å². The molecule has 0 saturated carbocycles. The SMILES string of the molecule is COc1ccc(-c2nn(-c3ccccc3)cc2C(=O)OCC(=O)c2ccc(C)cc2)cc1. The van der Waals surface area contributed by atoms with E-state index in [0.717, 1.165) is 16.8 Å². The molecular formula is C26H22N2O4. The van der Waals surface area contributed by atoms with Crippen molar-refractivity contribution < 1.29 is 19.1 Å². The van der Waals surface area contributed by atoms with E-state index < -0.39 is 5.97 Å². The molecule has 160 valence electrons. The summed E-state index contributed by atoms with van der Waals surface area (Å²) in [5, 5.41) is 4.61. The number of ether oxygens (including phenoxy) is 2. The van der Waals surface area contributed by atoms with Gasteiger partial charge >= 0.3 is 5.97 Å². The lowest BCUT2D eigenvalue weighted by Crippen LogP contribution is -2.14. The Morgan fingerprint density at radius 2 is 1.59 bits per heavy atom. The zero-order valence-corrected chi connectivity index (χ0v) is 17.8. The number of aromatic nitrogens is 2. The number of ketones is 1. The molecule has 32 heavy (non-hydrogen) atoms. The number of rotatable bonds is 7. The molecule has 0 fully saturated rings. The molecule has 0 aliphatic rings. The quantitative estimate of drug-likeness (QED) is 0.311. The Bertz CT molecular complexity index is 1230. The van der Waals surface area contributed by atoms with Crippen molar-refractivity contribution in [3.05, 3.63) is 102 Å². The predicted molar refractivity (Wildman–Crippen MR) is 121 cm³/mol. The minimum absolute atomic E-state index is 0.264. The van der Waals surface area contributed by atoms with Gasteiger partial charge in [0.15, 0.2) is 12.4 Å². The predicted octanol–water partition coefficient (Wildman–Crippen LogP) is 4.90. The van der Waals surface area contributed by atoms with E-state index in [9.17, 15) is 9.59 Å². The largest absolute Gasteiger partial charge is 0.497 e. The van der Waals surface area contributed by atoms with Gasteiger partial charge in [0.2, 0.25) is 0 Å². The summed E-state index contributed by atoms with van der Waals surface area (Å²) in [4.78, 5) is 25.4. The first-order valence-corrected chi connectivity index (χ1v) is 10.1. The van der Waals surface area contributed by atoms with Gasteiger partial charge in [0.25, 0.3) is 0 Å². The van der Waals surface area contributed by atoms with E-state index in [1.165, 1.54) is 0 Å². The molecule has 0 atom stereocenters. The third kappa shape index (κ3) is 4.59. The van der Waals surface area contributed by atoms with Crippen LogP contribution in [0.4, 0.5) is 0 Å². The summed E-state index contributed by atoms with van der Waals surface area (Å²) >= 11 is 0. The molecule has 0 aliphatic carbocycles. The van der Waals surface area contributed by atoms with Crippen LogP contribution in [-0.4, -0.2) is 35.2 Å². The molecular weight excluding hydrogens is 404 g/mol. The van der Waals surface area contributed by atoms with E-state index >= 15 is 0 Å². The highest BCUT2D eigenvalue weighted by atomic mass is 16.5. The molecule has 0 aliphatic heterocycles. The van der Waals surface area contributed by atoms with Gasteiger partial charge < -0.3 is 9.47 Å². The molecule has 0 N–H and O–H groups in total. The summed E-state index contributed by atoms with van der Waals surface area (Å²) in [5.41, 5.74) is 3.82. The second-order valence-electron chi connectivity index (χ2n) is 7.27. The second kappa shape index (κ2) is 9.31.